The van der Waals surface area contributed by atoms with Crippen molar-refractivity contribution in [3.05, 3.63) is 112 Å². The predicted molar refractivity (Wildman–Crippen MR) is 121 cm³/mol. The summed E-state index contributed by atoms with van der Waals surface area (Å²) in [5.41, 5.74) is 4.70. The fraction of sp³-hybridized carbons (Fsp3) is 0.154. The monoisotopic (exact) mass is 401 g/mol. The van der Waals surface area contributed by atoms with Crippen molar-refractivity contribution in [1.82, 2.24) is 5.32 Å². The van der Waals surface area contributed by atoms with Gasteiger partial charge in [0.25, 0.3) is 0 Å². The minimum Gasteiger partial charge on any atom is -0.488 e. The van der Waals surface area contributed by atoms with Crippen LogP contribution in [0, 0.1) is 6.92 Å². The zero-order chi connectivity index (χ0) is 20.1. The van der Waals surface area contributed by atoms with E-state index in [1.165, 1.54) is 27.5 Å². The van der Waals surface area contributed by atoms with Gasteiger partial charge in [-0.2, -0.15) is 0 Å². The zero-order valence-electron chi connectivity index (χ0n) is 16.5. The van der Waals surface area contributed by atoms with Gasteiger partial charge in [0, 0.05) is 29.2 Å². The van der Waals surface area contributed by atoms with Crippen molar-refractivity contribution in [2.24, 2.45) is 0 Å². The largest absolute Gasteiger partial charge is 0.488 e. The van der Waals surface area contributed by atoms with Crippen LogP contribution in [0.15, 0.2) is 84.9 Å². The molecule has 0 radical (unpaired) electrons. The van der Waals surface area contributed by atoms with E-state index < -0.39 is 0 Å². The van der Waals surface area contributed by atoms with Gasteiger partial charge in [0.2, 0.25) is 0 Å². The van der Waals surface area contributed by atoms with E-state index in [4.69, 9.17) is 16.3 Å². The minimum atomic E-state index is 0.447. The van der Waals surface area contributed by atoms with Crippen LogP contribution in [0.4, 0.5) is 0 Å². The summed E-state index contributed by atoms with van der Waals surface area (Å²) in [4.78, 5) is 0. The van der Waals surface area contributed by atoms with E-state index in [-0.39, 0.29) is 0 Å². The van der Waals surface area contributed by atoms with E-state index in [2.05, 4.69) is 72.9 Å². The Bertz CT molecular complexity index is 1110. The fourth-order valence-electron chi connectivity index (χ4n) is 3.44. The second-order valence-electron chi connectivity index (χ2n) is 7.23. The first-order chi connectivity index (χ1) is 14.2. The lowest BCUT2D eigenvalue weighted by Gasteiger charge is -2.16. The lowest BCUT2D eigenvalue weighted by Crippen LogP contribution is -2.14. The second-order valence-corrected chi connectivity index (χ2v) is 7.64. The molecule has 0 spiro atoms. The molecule has 0 aliphatic heterocycles. The van der Waals surface area contributed by atoms with Gasteiger partial charge in [-0.05, 0) is 35.4 Å². The number of rotatable bonds is 7. The van der Waals surface area contributed by atoms with E-state index in [1.807, 2.05) is 24.3 Å². The second kappa shape index (κ2) is 9.13. The molecular formula is C26H24ClNO. The zero-order valence-corrected chi connectivity index (χ0v) is 17.2. The Morgan fingerprint density at radius 1 is 0.793 bits per heavy atom. The summed E-state index contributed by atoms with van der Waals surface area (Å²) >= 11 is 6.30. The maximum absolute atomic E-state index is 6.30. The van der Waals surface area contributed by atoms with Gasteiger partial charge in [0.05, 0.1) is 0 Å². The van der Waals surface area contributed by atoms with E-state index in [0.29, 0.717) is 6.61 Å². The normalized spacial score (nSPS) is 11.0. The summed E-state index contributed by atoms with van der Waals surface area (Å²) in [6.07, 6.45) is 0. The maximum Gasteiger partial charge on any atom is 0.124 e. The number of hydrogen-bond donors (Lipinski definition) is 1. The summed E-state index contributed by atoms with van der Waals surface area (Å²) in [6.45, 7) is 4.10. The average molecular weight is 402 g/mol. The van der Waals surface area contributed by atoms with Crippen LogP contribution in [0.2, 0.25) is 5.02 Å². The van der Waals surface area contributed by atoms with Gasteiger partial charge in [0.1, 0.15) is 12.4 Å². The van der Waals surface area contributed by atoms with Crippen molar-refractivity contribution in [3.8, 4) is 5.75 Å². The molecular weight excluding hydrogens is 378 g/mol. The molecule has 2 nitrogen and oxygen atoms in total. The molecule has 4 aromatic carbocycles. The first kappa shape index (κ1) is 19.5. The highest BCUT2D eigenvalue weighted by atomic mass is 35.5. The highest BCUT2D eigenvalue weighted by molar-refractivity contribution is 6.31. The summed E-state index contributed by atoms with van der Waals surface area (Å²) in [5.74, 6) is 0.889. The lowest BCUT2D eigenvalue weighted by atomic mass is 10.0. The van der Waals surface area contributed by atoms with Crippen LogP contribution in [0.5, 0.6) is 5.75 Å². The molecule has 146 valence electrons. The third kappa shape index (κ3) is 4.79. The number of fused-ring (bicyclic) bond motifs is 1. The minimum absolute atomic E-state index is 0.447. The number of halogens is 1. The van der Waals surface area contributed by atoms with Gasteiger partial charge in [-0.3, -0.25) is 0 Å². The van der Waals surface area contributed by atoms with Crippen LogP contribution in [-0.4, -0.2) is 0 Å². The topological polar surface area (TPSA) is 21.3 Å². The van der Waals surface area contributed by atoms with Crippen LogP contribution in [0.1, 0.15) is 22.3 Å². The third-order valence-electron chi connectivity index (χ3n) is 5.09. The Labute approximate surface area is 177 Å². The fourth-order valence-corrected chi connectivity index (χ4v) is 3.63. The molecule has 0 bridgehead atoms. The number of ether oxygens (including phenoxy) is 1. The molecule has 4 aromatic rings. The number of hydrogen-bond acceptors (Lipinski definition) is 2. The molecule has 0 fully saturated rings. The molecule has 0 heterocycles. The molecule has 0 saturated carbocycles. The maximum atomic E-state index is 6.30. The predicted octanol–water partition coefficient (Wildman–Crippen LogP) is 6.67. The van der Waals surface area contributed by atoms with Crippen molar-refractivity contribution in [3.63, 3.8) is 0 Å². The Kier molecular flexibility index (Phi) is 6.14. The molecule has 1 N–H and O–H groups in total. The Morgan fingerprint density at radius 3 is 2.38 bits per heavy atom. The van der Waals surface area contributed by atoms with Crippen LogP contribution >= 0.6 is 11.6 Å². The Hall–Kier alpha value is -2.81. The lowest BCUT2D eigenvalue weighted by molar-refractivity contribution is 0.303. The molecule has 29 heavy (non-hydrogen) atoms. The summed E-state index contributed by atoms with van der Waals surface area (Å²) in [6, 6.07) is 29.0. The van der Waals surface area contributed by atoms with Crippen molar-refractivity contribution >= 4 is 22.4 Å². The SMILES string of the molecule is Cc1ccc(CNCc2c(OCc3ccccc3Cl)ccc3ccccc23)cc1. The number of benzene rings is 4. The number of nitrogens with one attached hydrogen (secondary N) is 1. The standard InChI is InChI=1S/C26H24ClNO/c1-19-10-12-20(13-11-19)16-28-17-24-23-8-4-2-6-21(23)14-15-26(24)29-18-22-7-3-5-9-25(22)27/h2-15,28H,16-18H2,1H3. The van der Waals surface area contributed by atoms with Gasteiger partial charge >= 0.3 is 0 Å². The molecule has 0 atom stereocenters. The summed E-state index contributed by atoms with van der Waals surface area (Å²) in [5, 5.41) is 6.72. The molecule has 3 heteroatoms. The molecule has 0 aromatic heterocycles. The van der Waals surface area contributed by atoms with Gasteiger partial charge in [-0.1, -0.05) is 90.0 Å². The third-order valence-corrected chi connectivity index (χ3v) is 5.46. The molecule has 0 saturated heterocycles. The first-order valence-electron chi connectivity index (χ1n) is 9.84. The van der Waals surface area contributed by atoms with Crippen molar-refractivity contribution < 1.29 is 4.74 Å². The molecule has 0 unspecified atom stereocenters. The molecule has 0 aliphatic rings. The Morgan fingerprint density at radius 2 is 1.55 bits per heavy atom. The molecule has 0 aliphatic carbocycles. The van der Waals surface area contributed by atoms with Crippen molar-refractivity contribution in [2.75, 3.05) is 0 Å². The quantitative estimate of drug-likeness (QED) is 0.373. The van der Waals surface area contributed by atoms with E-state index in [1.54, 1.807) is 0 Å². The van der Waals surface area contributed by atoms with Crippen molar-refractivity contribution in [1.29, 1.82) is 0 Å². The van der Waals surface area contributed by atoms with Gasteiger partial charge in [-0.25, -0.2) is 0 Å². The van der Waals surface area contributed by atoms with Gasteiger partial charge in [-0.15, -0.1) is 0 Å². The van der Waals surface area contributed by atoms with Crippen LogP contribution in [0.25, 0.3) is 10.8 Å². The highest BCUT2D eigenvalue weighted by Gasteiger charge is 2.10. The highest BCUT2D eigenvalue weighted by Crippen LogP contribution is 2.29. The van der Waals surface area contributed by atoms with Crippen molar-refractivity contribution in [2.45, 2.75) is 26.6 Å². The van der Waals surface area contributed by atoms with Crippen LogP contribution in [-0.2, 0) is 19.7 Å². The van der Waals surface area contributed by atoms with E-state index >= 15 is 0 Å². The molecule has 0 amide bonds. The van der Waals surface area contributed by atoms with Gasteiger partial charge < -0.3 is 10.1 Å². The van der Waals surface area contributed by atoms with Gasteiger partial charge in [0.15, 0.2) is 0 Å². The van der Waals surface area contributed by atoms with Crippen LogP contribution in [0.3, 0.4) is 0 Å². The van der Waals surface area contributed by atoms with E-state index in [0.717, 1.165) is 29.4 Å². The molecule has 4 rings (SSSR count). The van der Waals surface area contributed by atoms with Crippen LogP contribution < -0.4 is 10.1 Å². The summed E-state index contributed by atoms with van der Waals surface area (Å²) in [7, 11) is 0. The first-order valence-corrected chi connectivity index (χ1v) is 10.2. The number of aryl methyl sites for hydroxylation is 1. The average Bonchev–Trinajstić information content (AvgIpc) is 2.75. The smallest absolute Gasteiger partial charge is 0.124 e. The van der Waals surface area contributed by atoms with E-state index in [9.17, 15) is 0 Å². The Balaban J connectivity index is 1.55. The summed E-state index contributed by atoms with van der Waals surface area (Å²) < 4.78 is 6.21.